The van der Waals surface area contributed by atoms with Crippen molar-refractivity contribution in [3.63, 3.8) is 0 Å². The van der Waals surface area contributed by atoms with E-state index >= 15 is 0 Å². The van der Waals surface area contributed by atoms with E-state index in [4.69, 9.17) is 11.1 Å². The molecule has 0 fully saturated rings. The number of nitrogens with two attached hydrogens (primary N) is 1. The lowest BCUT2D eigenvalue weighted by molar-refractivity contribution is -0.274. The Morgan fingerprint density at radius 3 is 2.63 bits per heavy atom. The zero-order valence-corrected chi connectivity index (χ0v) is 16.9. The molecule has 0 aliphatic carbocycles. The van der Waals surface area contributed by atoms with Crippen LogP contribution in [-0.4, -0.2) is 23.4 Å². The number of nitrogens with zero attached hydrogens (tertiary/aromatic N) is 1. The summed E-state index contributed by atoms with van der Waals surface area (Å²) in [5.74, 6) is -0.289. The summed E-state index contributed by atoms with van der Waals surface area (Å²) in [5, 5.41) is 12.0. The Morgan fingerprint density at radius 1 is 1.26 bits per heavy atom. The van der Waals surface area contributed by atoms with Gasteiger partial charge in [-0.05, 0) is 18.4 Å². The summed E-state index contributed by atoms with van der Waals surface area (Å²) in [7, 11) is 0. The van der Waals surface area contributed by atoms with Crippen LogP contribution in [0.25, 0.3) is 21.8 Å². The van der Waals surface area contributed by atoms with Crippen LogP contribution in [0.3, 0.4) is 0 Å². The van der Waals surface area contributed by atoms with Crippen LogP contribution in [0.5, 0.6) is 5.75 Å². The van der Waals surface area contributed by atoms with Gasteiger partial charge in [0.1, 0.15) is 16.6 Å². The molecule has 0 unspecified atom stereocenters. The smallest absolute Gasteiger partial charge is 0.406 e. The van der Waals surface area contributed by atoms with Crippen LogP contribution in [0.2, 0.25) is 0 Å². The van der Waals surface area contributed by atoms with Gasteiger partial charge in [0.2, 0.25) is 0 Å². The van der Waals surface area contributed by atoms with Crippen molar-refractivity contribution in [3.05, 3.63) is 39.9 Å². The molecule has 144 valence electrons. The molecule has 0 saturated heterocycles. The van der Waals surface area contributed by atoms with Gasteiger partial charge in [0.25, 0.3) is 0 Å². The van der Waals surface area contributed by atoms with Crippen molar-refractivity contribution < 1.29 is 17.9 Å². The summed E-state index contributed by atoms with van der Waals surface area (Å²) in [4.78, 5) is 6.09. The van der Waals surface area contributed by atoms with E-state index in [0.29, 0.717) is 16.1 Å². The molecule has 3 rings (SSSR count). The van der Waals surface area contributed by atoms with Crippen LogP contribution in [0.15, 0.2) is 39.9 Å². The van der Waals surface area contributed by atoms with Crippen LogP contribution < -0.4 is 10.5 Å². The van der Waals surface area contributed by atoms with Crippen LogP contribution in [0, 0.1) is 5.41 Å². The molecular weight excluding hydrogens is 439 g/mol. The molecule has 1 aromatic carbocycles. The maximum absolute atomic E-state index is 12.4. The third-order valence-corrected chi connectivity index (χ3v) is 6.14. The predicted octanol–water partition coefficient (Wildman–Crippen LogP) is 5.86. The van der Waals surface area contributed by atoms with Crippen molar-refractivity contribution in [1.29, 1.82) is 5.41 Å². The molecule has 0 aliphatic heterocycles. The number of thioether (sulfide) groups is 1. The highest BCUT2D eigenvalue weighted by atomic mass is 35.5. The van der Waals surface area contributed by atoms with E-state index in [1.807, 2.05) is 11.6 Å². The number of aromatic nitrogens is 1. The number of halogens is 4. The third kappa shape index (κ3) is 4.95. The van der Waals surface area contributed by atoms with Crippen LogP contribution in [0.1, 0.15) is 4.88 Å². The molecule has 4 nitrogen and oxygen atoms in total. The largest absolute Gasteiger partial charge is 0.573 e. The van der Waals surface area contributed by atoms with Gasteiger partial charge in [-0.3, -0.25) is 5.41 Å². The lowest BCUT2D eigenvalue weighted by Crippen LogP contribution is -2.17. The second-order valence-electron chi connectivity index (χ2n) is 5.04. The number of alkyl halides is 3. The highest BCUT2D eigenvalue weighted by Gasteiger charge is 2.31. The summed E-state index contributed by atoms with van der Waals surface area (Å²) >= 11 is 4.22. The van der Waals surface area contributed by atoms with E-state index in [1.54, 1.807) is 11.4 Å². The van der Waals surface area contributed by atoms with Gasteiger partial charge in [0.05, 0.1) is 10.6 Å². The van der Waals surface area contributed by atoms with Gasteiger partial charge in [-0.1, -0.05) is 12.1 Å². The van der Waals surface area contributed by atoms with Gasteiger partial charge >= 0.3 is 6.36 Å². The van der Waals surface area contributed by atoms with E-state index in [2.05, 4.69) is 9.72 Å². The highest BCUT2D eigenvalue weighted by molar-refractivity contribution is 7.99. The first-order valence-electron chi connectivity index (χ1n) is 7.10. The molecule has 0 aliphatic rings. The first kappa shape index (κ1) is 21.5. The summed E-state index contributed by atoms with van der Waals surface area (Å²) in [6, 6.07) is 5.71. The number of benzene rings is 1. The minimum atomic E-state index is -4.74. The molecule has 3 N–H and O–H groups in total. The van der Waals surface area contributed by atoms with Crippen molar-refractivity contribution in [2.45, 2.75) is 11.3 Å². The Labute approximate surface area is 171 Å². The number of amidine groups is 1. The maximum atomic E-state index is 12.4. The molecule has 11 heteroatoms. The lowest BCUT2D eigenvalue weighted by atomic mass is 10.1. The molecule has 2 heterocycles. The Morgan fingerprint density at radius 2 is 2.00 bits per heavy atom. The van der Waals surface area contributed by atoms with Crippen molar-refractivity contribution in [2.24, 2.45) is 5.73 Å². The average Bonchev–Trinajstić information content (AvgIpc) is 3.19. The summed E-state index contributed by atoms with van der Waals surface area (Å²) < 4.78 is 41.1. The number of thiophene rings is 1. The molecule has 0 amide bonds. The molecular formula is C16H13ClF3N3OS3. The van der Waals surface area contributed by atoms with Gasteiger partial charge in [-0.15, -0.1) is 60.0 Å². The van der Waals surface area contributed by atoms with Crippen LogP contribution >= 0.6 is 46.8 Å². The van der Waals surface area contributed by atoms with Crippen LogP contribution in [-0.2, 0) is 0 Å². The van der Waals surface area contributed by atoms with Crippen molar-refractivity contribution in [3.8, 4) is 27.6 Å². The molecule has 3 aromatic rings. The number of ether oxygens (including phenoxy) is 1. The fraction of sp³-hybridized carbons (Fsp3) is 0.125. The first-order chi connectivity index (χ1) is 12.3. The molecule has 0 spiro atoms. The second-order valence-corrected chi connectivity index (χ2v) is 7.59. The van der Waals surface area contributed by atoms with E-state index in [9.17, 15) is 13.2 Å². The number of thiazole rings is 1. The van der Waals surface area contributed by atoms with E-state index in [1.165, 1.54) is 52.6 Å². The first-order valence-corrected chi connectivity index (χ1v) is 10.1. The van der Waals surface area contributed by atoms with Gasteiger partial charge in [-0.2, -0.15) is 0 Å². The highest BCUT2D eigenvalue weighted by Crippen LogP contribution is 2.40. The number of rotatable bonds is 5. The quantitative estimate of drug-likeness (QED) is 0.289. The molecule has 2 aromatic heterocycles. The minimum absolute atomic E-state index is 0. The SMILES string of the molecule is CSc1c(-c2nc(-c3cccc(OC(F)(F)F)c3)cs2)csc1C(=N)N.Cl. The predicted molar refractivity (Wildman–Crippen MR) is 108 cm³/mol. The summed E-state index contributed by atoms with van der Waals surface area (Å²) in [6.07, 6.45) is -2.84. The minimum Gasteiger partial charge on any atom is -0.406 e. The normalized spacial score (nSPS) is 11.1. The van der Waals surface area contributed by atoms with Gasteiger partial charge in [-0.25, -0.2) is 4.98 Å². The molecule has 0 radical (unpaired) electrons. The van der Waals surface area contributed by atoms with Crippen molar-refractivity contribution in [2.75, 3.05) is 6.26 Å². The van der Waals surface area contributed by atoms with E-state index < -0.39 is 6.36 Å². The maximum Gasteiger partial charge on any atom is 0.573 e. The molecule has 0 bridgehead atoms. The Hall–Kier alpha value is -1.75. The molecule has 0 saturated carbocycles. The molecule has 0 atom stereocenters. The van der Waals surface area contributed by atoms with Crippen LogP contribution in [0.4, 0.5) is 13.2 Å². The second kappa shape index (κ2) is 8.51. The zero-order valence-electron chi connectivity index (χ0n) is 13.7. The topological polar surface area (TPSA) is 72.0 Å². The summed E-state index contributed by atoms with van der Waals surface area (Å²) in [6.45, 7) is 0. The van der Waals surface area contributed by atoms with Crippen molar-refractivity contribution >= 4 is 52.7 Å². The number of hydrogen-bond donors (Lipinski definition) is 2. The van der Waals surface area contributed by atoms with Gasteiger partial charge < -0.3 is 10.5 Å². The Kier molecular flexibility index (Phi) is 6.79. The molecule has 27 heavy (non-hydrogen) atoms. The lowest BCUT2D eigenvalue weighted by Gasteiger charge is -2.09. The number of nitrogens with one attached hydrogen (secondary N) is 1. The Balaban J connectivity index is 0.00000261. The average molecular weight is 452 g/mol. The standard InChI is InChI=1S/C16H12F3N3OS3.ClH/c1-24-12-10(6-25-13(12)14(20)21)15-22-11(7-26-15)8-3-2-4-9(5-8)23-16(17,18)19;/h2-7H,1H3,(H3,20,21);1H. The fourth-order valence-corrected chi connectivity index (χ4v) is 5.20. The number of hydrogen-bond acceptors (Lipinski definition) is 6. The summed E-state index contributed by atoms with van der Waals surface area (Å²) in [5.41, 5.74) is 7.56. The number of nitrogen functional groups attached to an aromatic ring is 1. The van der Waals surface area contributed by atoms with E-state index in [0.717, 1.165) is 15.5 Å². The monoisotopic (exact) mass is 451 g/mol. The van der Waals surface area contributed by atoms with Gasteiger partial charge in [0.15, 0.2) is 0 Å². The van der Waals surface area contributed by atoms with E-state index in [-0.39, 0.29) is 24.0 Å². The van der Waals surface area contributed by atoms with Crippen molar-refractivity contribution in [1.82, 2.24) is 4.98 Å². The Bertz CT molecular complexity index is 956. The zero-order chi connectivity index (χ0) is 18.9. The third-order valence-electron chi connectivity index (χ3n) is 3.29. The fourth-order valence-electron chi connectivity index (χ4n) is 2.27. The van der Waals surface area contributed by atoms with Gasteiger partial charge in [0, 0.05) is 26.8 Å².